The molecule has 0 fully saturated rings. The monoisotopic (exact) mass is 171 g/mol. The van der Waals surface area contributed by atoms with Crippen LogP contribution in [0.3, 0.4) is 0 Å². The Morgan fingerprint density at radius 3 is 2.75 bits per heavy atom. The molecule has 0 aliphatic heterocycles. The Kier molecular flexibility index (Phi) is 6.38. The molecule has 3 heteroatoms. The predicted molar refractivity (Wildman–Crippen MR) is 48.9 cm³/mol. The van der Waals surface area contributed by atoms with Gasteiger partial charge in [-0.1, -0.05) is 6.58 Å². The molecule has 3 nitrogen and oxygen atoms in total. The molecular formula is C9H17NO2. The van der Waals surface area contributed by atoms with Crippen LogP contribution in [0.1, 0.15) is 12.8 Å². The summed E-state index contributed by atoms with van der Waals surface area (Å²) in [4.78, 5) is 12.6. The molecule has 0 radical (unpaired) electrons. The molecule has 0 aliphatic rings. The van der Waals surface area contributed by atoms with E-state index in [-0.39, 0.29) is 5.91 Å². The molecule has 0 rings (SSSR count). The second kappa shape index (κ2) is 6.85. The van der Waals surface area contributed by atoms with E-state index in [1.807, 2.05) is 0 Å². The van der Waals surface area contributed by atoms with E-state index in [2.05, 4.69) is 6.58 Å². The first kappa shape index (κ1) is 11.2. The number of carbonyl (C=O) groups excluding carboxylic acids is 1. The first-order chi connectivity index (χ1) is 5.72. The van der Waals surface area contributed by atoms with Gasteiger partial charge in [0, 0.05) is 27.3 Å². The molecule has 0 saturated carbocycles. The van der Waals surface area contributed by atoms with Crippen LogP contribution < -0.4 is 0 Å². The minimum atomic E-state index is -0.0209. The van der Waals surface area contributed by atoms with E-state index in [4.69, 9.17) is 4.74 Å². The van der Waals surface area contributed by atoms with Gasteiger partial charge in [-0.2, -0.15) is 0 Å². The Morgan fingerprint density at radius 2 is 2.25 bits per heavy atom. The molecule has 70 valence electrons. The number of methoxy groups -OCH3 is 1. The lowest BCUT2D eigenvalue weighted by atomic mass is 10.3. The molecule has 1 amide bonds. The summed E-state index contributed by atoms with van der Waals surface area (Å²) in [6, 6.07) is 0. The molecule has 0 aromatic heterocycles. The van der Waals surface area contributed by atoms with Gasteiger partial charge in [-0.25, -0.2) is 0 Å². The van der Waals surface area contributed by atoms with Crippen molar-refractivity contribution in [1.82, 2.24) is 4.90 Å². The summed E-state index contributed by atoms with van der Waals surface area (Å²) in [5.74, 6) is -0.0209. The second-order valence-electron chi connectivity index (χ2n) is 2.66. The van der Waals surface area contributed by atoms with Crippen LogP contribution in [-0.4, -0.2) is 38.1 Å². The highest BCUT2D eigenvalue weighted by atomic mass is 16.5. The maximum absolute atomic E-state index is 11.0. The lowest BCUT2D eigenvalue weighted by molar-refractivity contribution is -0.124. The van der Waals surface area contributed by atoms with E-state index >= 15 is 0 Å². The van der Waals surface area contributed by atoms with Crippen molar-refractivity contribution in [3.63, 3.8) is 0 Å². The molecular weight excluding hydrogens is 154 g/mol. The van der Waals surface area contributed by atoms with Crippen molar-refractivity contribution in [3.8, 4) is 0 Å². The van der Waals surface area contributed by atoms with Gasteiger partial charge in [0.1, 0.15) is 0 Å². The quantitative estimate of drug-likeness (QED) is 0.441. The van der Waals surface area contributed by atoms with Crippen molar-refractivity contribution in [2.24, 2.45) is 0 Å². The van der Waals surface area contributed by atoms with Crippen LogP contribution in [-0.2, 0) is 9.53 Å². The number of ether oxygens (including phenoxy) is 1. The van der Waals surface area contributed by atoms with Crippen LogP contribution >= 0.6 is 0 Å². The van der Waals surface area contributed by atoms with E-state index in [1.54, 1.807) is 19.1 Å². The van der Waals surface area contributed by atoms with Gasteiger partial charge in [-0.05, 0) is 18.9 Å². The highest BCUT2D eigenvalue weighted by molar-refractivity contribution is 5.86. The van der Waals surface area contributed by atoms with E-state index in [1.165, 1.54) is 6.08 Å². The summed E-state index contributed by atoms with van der Waals surface area (Å²) in [7, 11) is 3.45. The Hall–Kier alpha value is -0.830. The molecule has 12 heavy (non-hydrogen) atoms. The molecule has 0 aliphatic carbocycles. The lowest BCUT2D eigenvalue weighted by Gasteiger charge is -2.14. The normalized spacial score (nSPS) is 9.50. The van der Waals surface area contributed by atoms with Gasteiger partial charge in [0.05, 0.1) is 0 Å². The number of likely N-dealkylation sites (N-methyl/N-ethyl adjacent to an activating group) is 1. The highest BCUT2D eigenvalue weighted by Crippen LogP contribution is 1.93. The zero-order valence-corrected chi connectivity index (χ0v) is 7.88. The number of hydrogen-bond acceptors (Lipinski definition) is 2. The number of amides is 1. The number of rotatable bonds is 6. The van der Waals surface area contributed by atoms with Crippen LogP contribution in [0.5, 0.6) is 0 Å². The fraction of sp³-hybridized carbons (Fsp3) is 0.667. The summed E-state index contributed by atoms with van der Waals surface area (Å²) in [5, 5.41) is 0. The Morgan fingerprint density at radius 1 is 1.58 bits per heavy atom. The van der Waals surface area contributed by atoms with Gasteiger partial charge in [-0.15, -0.1) is 0 Å². The molecule has 0 aromatic carbocycles. The molecule has 0 heterocycles. The minimum Gasteiger partial charge on any atom is -0.385 e. The number of nitrogens with zero attached hydrogens (tertiary/aromatic N) is 1. The smallest absolute Gasteiger partial charge is 0.245 e. The lowest BCUT2D eigenvalue weighted by Crippen LogP contribution is -2.25. The predicted octanol–water partition coefficient (Wildman–Crippen LogP) is 1.06. The third kappa shape index (κ3) is 4.91. The summed E-state index contributed by atoms with van der Waals surface area (Å²) >= 11 is 0. The van der Waals surface area contributed by atoms with Crippen molar-refractivity contribution < 1.29 is 9.53 Å². The average Bonchev–Trinajstić information content (AvgIpc) is 2.10. The molecule has 0 N–H and O–H groups in total. The highest BCUT2D eigenvalue weighted by Gasteiger charge is 2.01. The average molecular weight is 171 g/mol. The van der Waals surface area contributed by atoms with Crippen molar-refractivity contribution in [2.45, 2.75) is 12.8 Å². The number of hydrogen-bond donors (Lipinski definition) is 0. The van der Waals surface area contributed by atoms with Gasteiger partial charge in [0.15, 0.2) is 0 Å². The van der Waals surface area contributed by atoms with Gasteiger partial charge >= 0.3 is 0 Å². The van der Waals surface area contributed by atoms with Gasteiger partial charge in [0.2, 0.25) is 5.91 Å². The maximum Gasteiger partial charge on any atom is 0.245 e. The summed E-state index contributed by atoms with van der Waals surface area (Å²) in [6.45, 7) is 4.94. The van der Waals surface area contributed by atoms with Gasteiger partial charge in [-0.3, -0.25) is 4.79 Å². The van der Waals surface area contributed by atoms with E-state index < -0.39 is 0 Å². The zero-order chi connectivity index (χ0) is 9.40. The largest absolute Gasteiger partial charge is 0.385 e. The van der Waals surface area contributed by atoms with Gasteiger partial charge in [0.25, 0.3) is 0 Å². The van der Waals surface area contributed by atoms with E-state index in [0.29, 0.717) is 0 Å². The topological polar surface area (TPSA) is 29.5 Å². The van der Waals surface area contributed by atoms with Gasteiger partial charge < -0.3 is 9.64 Å². The Labute approximate surface area is 74.0 Å². The second-order valence-corrected chi connectivity index (χ2v) is 2.66. The SMILES string of the molecule is C=CC(=O)N(C)CCCCOC. The van der Waals surface area contributed by atoms with Crippen LogP contribution in [0, 0.1) is 0 Å². The van der Waals surface area contributed by atoms with Crippen LogP contribution in [0.15, 0.2) is 12.7 Å². The van der Waals surface area contributed by atoms with Crippen molar-refractivity contribution >= 4 is 5.91 Å². The first-order valence-corrected chi connectivity index (χ1v) is 4.09. The first-order valence-electron chi connectivity index (χ1n) is 4.09. The third-order valence-electron chi connectivity index (χ3n) is 1.64. The van der Waals surface area contributed by atoms with E-state index in [0.717, 1.165) is 26.0 Å². The standard InChI is InChI=1S/C9H17NO2/c1-4-9(11)10(2)7-5-6-8-12-3/h4H,1,5-8H2,2-3H3. The molecule has 0 saturated heterocycles. The van der Waals surface area contributed by atoms with Crippen molar-refractivity contribution in [1.29, 1.82) is 0 Å². The summed E-state index contributed by atoms with van der Waals surface area (Å²) in [5.41, 5.74) is 0. The van der Waals surface area contributed by atoms with Crippen molar-refractivity contribution in [3.05, 3.63) is 12.7 Å². The Bertz CT molecular complexity index is 145. The third-order valence-corrected chi connectivity index (χ3v) is 1.64. The molecule has 0 atom stereocenters. The van der Waals surface area contributed by atoms with Crippen LogP contribution in [0.25, 0.3) is 0 Å². The minimum absolute atomic E-state index is 0.0209. The number of unbranched alkanes of at least 4 members (excludes halogenated alkanes) is 1. The molecule has 0 unspecified atom stereocenters. The zero-order valence-electron chi connectivity index (χ0n) is 7.88. The molecule has 0 aromatic rings. The van der Waals surface area contributed by atoms with Crippen molar-refractivity contribution in [2.75, 3.05) is 27.3 Å². The summed E-state index contributed by atoms with van der Waals surface area (Å²) in [6.07, 6.45) is 3.30. The Balaban J connectivity index is 3.37. The van der Waals surface area contributed by atoms with E-state index in [9.17, 15) is 4.79 Å². The summed E-state index contributed by atoms with van der Waals surface area (Å²) < 4.78 is 4.89. The molecule has 0 spiro atoms. The van der Waals surface area contributed by atoms with Crippen LogP contribution in [0.4, 0.5) is 0 Å². The fourth-order valence-electron chi connectivity index (χ4n) is 0.861. The van der Waals surface area contributed by atoms with Crippen LogP contribution in [0.2, 0.25) is 0 Å². The number of carbonyl (C=O) groups is 1. The fourth-order valence-corrected chi connectivity index (χ4v) is 0.861. The maximum atomic E-state index is 11.0. The molecule has 0 bridgehead atoms.